The molecule has 0 spiro atoms. The number of hydrogen-bond acceptors (Lipinski definition) is 4. The predicted octanol–water partition coefficient (Wildman–Crippen LogP) is -0.465. The Bertz CT molecular complexity index is 278. The average molecular weight is 199 g/mol. The number of carbonyl (C=O) groups is 2. The van der Waals surface area contributed by atoms with Gasteiger partial charge < -0.3 is 15.6 Å². The van der Waals surface area contributed by atoms with Gasteiger partial charge in [0, 0.05) is 6.42 Å². The summed E-state index contributed by atoms with van der Waals surface area (Å²) in [5.41, 5.74) is 5.42. The Morgan fingerprint density at radius 3 is 3.07 bits per heavy atom. The third-order valence-corrected chi connectivity index (χ3v) is 2.94. The smallest absolute Gasteiger partial charge is 0.320 e. The van der Waals surface area contributed by atoms with Crippen molar-refractivity contribution in [3.63, 3.8) is 0 Å². The van der Waals surface area contributed by atoms with Gasteiger partial charge in [-0.15, -0.1) is 0 Å². The highest BCUT2D eigenvalue weighted by Gasteiger charge is 2.52. The van der Waals surface area contributed by atoms with Gasteiger partial charge in [0.2, 0.25) is 0 Å². The molecule has 5 nitrogen and oxygen atoms in total. The lowest BCUT2D eigenvalue weighted by atomic mass is 9.84. The number of ether oxygens (including phenoxy) is 1. The number of carboxylic acids is 1. The Morgan fingerprint density at radius 2 is 2.43 bits per heavy atom. The number of hydrogen-bond donors (Lipinski definition) is 2. The van der Waals surface area contributed by atoms with E-state index >= 15 is 0 Å². The first kappa shape index (κ1) is 9.61. The van der Waals surface area contributed by atoms with E-state index in [1.807, 2.05) is 0 Å². The number of Topliss-reactive ketones (excluding diaryl/α,β-unsaturated/α-hetero) is 1. The monoisotopic (exact) mass is 199 g/mol. The zero-order valence-electron chi connectivity index (χ0n) is 7.68. The molecular formula is C9H13NO4. The summed E-state index contributed by atoms with van der Waals surface area (Å²) in [4.78, 5) is 21.7. The van der Waals surface area contributed by atoms with Crippen LogP contribution in [0.5, 0.6) is 0 Å². The Balaban J connectivity index is 1.88. The highest BCUT2D eigenvalue weighted by molar-refractivity contribution is 5.87. The number of nitrogens with two attached hydrogens (primary N) is 1. The molecular weight excluding hydrogens is 186 g/mol. The molecule has 4 unspecified atom stereocenters. The predicted molar refractivity (Wildman–Crippen MR) is 46.6 cm³/mol. The molecule has 0 aromatic rings. The van der Waals surface area contributed by atoms with E-state index < -0.39 is 12.0 Å². The summed E-state index contributed by atoms with van der Waals surface area (Å²) in [6.07, 6.45) is 1.31. The van der Waals surface area contributed by atoms with Gasteiger partial charge in [-0.1, -0.05) is 0 Å². The summed E-state index contributed by atoms with van der Waals surface area (Å²) in [7, 11) is 0. The molecule has 0 bridgehead atoms. The molecule has 0 aromatic heterocycles. The Morgan fingerprint density at radius 1 is 1.71 bits per heavy atom. The van der Waals surface area contributed by atoms with E-state index in [1.165, 1.54) is 0 Å². The zero-order valence-corrected chi connectivity index (χ0v) is 7.68. The second-order valence-corrected chi connectivity index (χ2v) is 3.97. The molecule has 3 N–H and O–H groups in total. The van der Waals surface area contributed by atoms with Crippen LogP contribution in [0.15, 0.2) is 0 Å². The quantitative estimate of drug-likeness (QED) is 0.599. The average Bonchev–Trinajstić information content (AvgIpc) is 2.89. The minimum absolute atomic E-state index is 0.0540. The van der Waals surface area contributed by atoms with Crippen molar-refractivity contribution in [2.24, 2.45) is 11.7 Å². The summed E-state index contributed by atoms with van der Waals surface area (Å²) in [5, 5.41) is 8.63. The van der Waals surface area contributed by atoms with Gasteiger partial charge in [0.25, 0.3) is 0 Å². The lowest BCUT2D eigenvalue weighted by Gasteiger charge is -2.19. The summed E-state index contributed by atoms with van der Waals surface area (Å²) in [6.45, 7) is 0. The lowest BCUT2D eigenvalue weighted by Crippen LogP contribution is -2.35. The van der Waals surface area contributed by atoms with Crippen LogP contribution >= 0.6 is 0 Å². The van der Waals surface area contributed by atoms with Crippen LogP contribution in [0.2, 0.25) is 0 Å². The van der Waals surface area contributed by atoms with Crippen LogP contribution < -0.4 is 5.73 Å². The van der Waals surface area contributed by atoms with E-state index in [0.717, 1.165) is 0 Å². The van der Waals surface area contributed by atoms with E-state index in [1.54, 1.807) is 0 Å². The summed E-state index contributed by atoms with van der Waals surface area (Å²) in [5.74, 6) is -0.696. The number of fused-ring (bicyclic) bond motifs is 1. The summed E-state index contributed by atoms with van der Waals surface area (Å²) >= 11 is 0. The number of ketones is 1. The molecule has 1 aliphatic heterocycles. The van der Waals surface area contributed by atoms with E-state index in [9.17, 15) is 9.59 Å². The van der Waals surface area contributed by atoms with Crippen LogP contribution in [0.1, 0.15) is 19.3 Å². The fraction of sp³-hybridized carbons (Fsp3) is 0.778. The molecule has 1 heterocycles. The fourth-order valence-electron chi connectivity index (χ4n) is 2.05. The molecule has 0 aromatic carbocycles. The van der Waals surface area contributed by atoms with Crippen molar-refractivity contribution in [1.82, 2.24) is 0 Å². The molecule has 14 heavy (non-hydrogen) atoms. The second-order valence-electron chi connectivity index (χ2n) is 3.97. The Labute approximate surface area is 81.2 Å². The molecule has 5 heteroatoms. The number of carboxylic acid groups (broad SMARTS) is 1. The van der Waals surface area contributed by atoms with Crippen LogP contribution in [0.4, 0.5) is 0 Å². The standard InChI is InChI=1S/C9H13NO4/c10-5(9(12)13)3-4-1-2-6(11)8-7(4)14-8/h4-5,7-8H,1-3,10H2,(H,12,13). The lowest BCUT2D eigenvalue weighted by molar-refractivity contribution is -0.139. The molecule has 2 fully saturated rings. The first-order chi connectivity index (χ1) is 6.59. The molecule has 1 saturated heterocycles. The topological polar surface area (TPSA) is 92.9 Å². The molecule has 0 radical (unpaired) electrons. The van der Waals surface area contributed by atoms with E-state index in [2.05, 4.69) is 0 Å². The number of epoxide rings is 1. The first-order valence-electron chi connectivity index (χ1n) is 4.76. The SMILES string of the molecule is NC(CC1CCC(=O)C2OC12)C(=O)O. The van der Waals surface area contributed by atoms with Gasteiger partial charge >= 0.3 is 5.97 Å². The van der Waals surface area contributed by atoms with Crippen molar-refractivity contribution in [3.05, 3.63) is 0 Å². The number of rotatable bonds is 3. The molecule has 4 atom stereocenters. The van der Waals surface area contributed by atoms with Crippen molar-refractivity contribution in [2.75, 3.05) is 0 Å². The second kappa shape index (κ2) is 3.33. The van der Waals surface area contributed by atoms with Crippen LogP contribution in [-0.2, 0) is 14.3 Å². The van der Waals surface area contributed by atoms with Crippen molar-refractivity contribution in [2.45, 2.75) is 37.5 Å². The van der Waals surface area contributed by atoms with E-state index in [0.29, 0.717) is 19.3 Å². The maximum atomic E-state index is 11.1. The summed E-state index contributed by atoms with van der Waals surface area (Å²) in [6, 6.07) is -0.835. The van der Waals surface area contributed by atoms with E-state index in [-0.39, 0.29) is 23.9 Å². The van der Waals surface area contributed by atoms with Gasteiger partial charge in [-0.2, -0.15) is 0 Å². The third-order valence-electron chi connectivity index (χ3n) is 2.94. The normalized spacial score (nSPS) is 37.5. The van der Waals surface area contributed by atoms with Crippen molar-refractivity contribution < 1.29 is 19.4 Å². The fourth-order valence-corrected chi connectivity index (χ4v) is 2.05. The number of carbonyl (C=O) groups excluding carboxylic acids is 1. The minimum atomic E-state index is -0.987. The van der Waals surface area contributed by atoms with Gasteiger partial charge in [0.15, 0.2) is 5.78 Å². The van der Waals surface area contributed by atoms with Crippen molar-refractivity contribution in [1.29, 1.82) is 0 Å². The van der Waals surface area contributed by atoms with Crippen LogP contribution in [-0.4, -0.2) is 35.1 Å². The van der Waals surface area contributed by atoms with Gasteiger partial charge in [0.05, 0.1) is 6.10 Å². The highest BCUT2D eigenvalue weighted by Crippen LogP contribution is 2.40. The van der Waals surface area contributed by atoms with Crippen LogP contribution in [0.3, 0.4) is 0 Å². The van der Waals surface area contributed by atoms with Crippen molar-refractivity contribution in [3.8, 4) is 0 Å². The van der Waals surface area contributed by atoms with Gasteiger partial charge in [-0.05, 0) is 18.8 Å². The van der Waals surface area contributed by atoms with Crippen molar-refractivity contribution >= 4 is 11.8 Å². The van der Waals surface area contributed by atoms with E-state index in [4.69, 9.17) is 15.6 Å². The minimum Gasteiger partial charge on any atom is -0.480 e. The molecule has 2 aliphatic rings. The Hall–Kier alpha value is -0.940. The number of aliphatic carboxylic acids is 1. The van der Waals surface area contributed by atoms with Gasteiger partial charge in [-0.3, -0.25) is 9.59 Å². The molecule has 78 valence electrons. The zero-order chi connectivity index (χ0) is 10.3. The van der Waals surface area contributed by atoms with Crippen LogP contribution in [0.25, 0.3) is 0 Å². The molecule has 0 amide bonds. The van der Waals surface area contributed by atoms with Crippen LogP contribution in [0, 0.1) is 5.92 Å². The summed E-state index contributed by atoms with van der Waals surface area (Å²) < 4.78 is 5.19. The highest BCUT2D eigenvalue weighted by atomic mass is 16.6. The Kier molecular flexibility index (Phi) is 2.28. The molecule has 1 saturated carbocycles. The molecule has 1 aliphatic carbocycles. The third kappa shape index (κ3) is 1.65. The molecule has 2 rings (SSSR count). The maximum absolute atomic E-state index is 11.1. The largest absolute Gasteiger partial charge is 0.480 e. The first-order valence-corrected chi connectivity index (χ1v) is 4.76. The maximum Gasteiger partial charge on any atom is 0.320 e. The van der Waals surface area contributed by atoms with Gasteiger partial charge in [0.1, 0.15) is 12.1 Å². The van der Waals surface area contributed by atoms with Gasteiger partial charge in [-0.25, -0.2) is 0 Å².